The predicted molar refractivity (Wildman–Crippen MR) is 52.9 cm³/mol. The lowest BCUT2D eigenvalue weighted by molar-refractivity contribution is -0.115. The largest absolute Gasteiger partial charge is 0.310 e. The Bertz CT molecular complexity index is 487. The van der Waals surface area contributed by atoms with Gasteiger partial charge in [0.15, 0.2) is 0 Å². The van der Waals surface area contributed by atoms with Crippen LogP contribution in [0.4, 0.5) is 5.82 Å². The number of rotatable bonds is 0. The van der Waals surface area contributed by atoms with Gasteiger partial charge in [-0.3, -0.25) is 4.79 Å². The minimum Gasteiger partial charge on any atom is -0.310 e. The minimum absolute atomic E-state index is 0.0202. The van der Waals surface area contributed by atoms with E-state index in [1.807, 2.05) is 24.3 Å². The molecule has 1 aromatic carbocycles. The fraction of sp³-hybridized carbons (Fsp3) is 0.0909. The summed E-state index contributed by atoms with van der Waals surface area (Å²) in [6.45, 7) is 0. The average molecular weight is 183 g/mol. The molecule has 3 heteroatoms. The lowest BCUT2D eigenvalue weighted by Crippen LogP contribution is -2.04. The molecule has 0 saturated carbocycles. The maximum atomic E-state index is 11.1. The van der Waals surface area contributed by atoms with Gasteiger partial charge in [-0.05, 0) is 24.3 Å². The molecular formula is C11H7N2O. The second kappa shape index (κ2) is 2.54. The van der Waals surface area contributed by atoms with E-state index >= 15 is 0 Å². The van der Waals surface area contributed by atoms with E-state index in [1.54, 1.807) is 0 Å². The van der Waals surface area contributed by atoms with Crippen molar-refractivity contribution in [2.75, 3.05) is 5.32 Å². The number of benzene rings is 1. The van der Waals surface area contributed by atoms with Crippen molar-refractivity contribution in [1.82, 2.24) is 4.98 Å². The Hall–Kier alpha value is -1.90. The molecule has 1 aliphatic heterocycles. The Kier molecular flexibility index (Phi) is 1.36. The van der Waals surface area contributed by atoms with E-state index in [1.165, 1.54) is 0 Å². The van der Waals surface area contributed by atoms with Crippen molar-refractivity contribution in [2.24, 2.45) is 0 Å². The van der Waals surface area contributed by atoms with Gasteiger partial charge in [0.25, 0.3) is 0 Å². The lowest BCUT2D eigenvalue weighted by Gasteiger charge is -2.00. The zero-order valence-electron chi connectivity index (χ0n) is 7.37. The van der Waals surface area contributed by atoms with Crippen LogP contribution in [-0.4, -0.2) is 10.9 Å². The highest BCUT2D eigenvalue weighted by Gasteiger charge is 2.18. The number of amides is 1. The monoisotopic (exact) mass is 183 g/mol. The molecule has 67 valence electrons. The zero-order valence-corrected chi connectivity index (χ0v) is 7.37. The molecule has 14 heavy (non-hydrogen) atoms. The van der Waals surface area contributed by atoms with Crippen molar-refractivity contribution in [3.8, 4) is 0 Å². The van der Waals surface area contributed by atoms with Crippen molar-refractivity contribution in [3.05, 3.63) is 35.9 Å². The first-order valence-corrected chi connectivity index (χ1v) is 4.42. The Morgan fingerprint density at radius 2 is 2.43 bits per heavy atom. The summed E-state index contributed by atoms with van der Waals surface area (Å²) in [6, 6.07) is 10.6. The number of nitrogens with one attached hydrogen (secondary N) is 1. The Balaban J connectivity index is 2.31. The average Bonchev–Trinajstić information content (AvgIpc) is 2.53. The fourth-order valence-electron chi connectivity index (χ4n) is 1.69. The second-order valence-corrected chi connectivity index (χ2v) is 3.34. The molecule has 1 radical (unpaired) electrons. The van der Waals surface area contributed by atoms with Gasteiger partial charge in [0.2, 0.25) is 5.91 Å². The number of hydrogen-bond donors (Lipinski definition) is 1. The molecule has 1 amide bonds. The van der Waals surface area contributed by atoms with E-state index in [4.69, 9.17) is 0 Å². The first-order chi connectivity index (χ1) is 6.83. The van der Waals surface area contributed by atoms with Crippen LogP contribution < -0.4 is 5.32 Å². The predicted octanol–water partition coefficient (Wildman–Crippen LogP) is 1.53. The number of fused-ring (bicyclic) bond motifs is 2. The topological polar surface area (TPSA) is 42.0 Å². The Labute approximate surface area is 80.8 Å². The second-order valence-electron chi connectivity index (χ2n) is 3.34. The van der Waals surface area contributed by atoms with E-state index in [-0.39, 0.29) is 5.91 Å². The molecule has 0 atom stereocenters. The summed E-state index contributed by atoms with van der Waals surface area (Å²) in [6.07, 6.45) is 0.438. The smallest absolute Gasteiger partial charge is 0.230 e. The van der Waals surface area contributed by atoms with Crippen LogP contribution in [0.5, 0.6) is 0 Å². The number of hydrogen-bond acceptors (Lipinski definition) is 2. The van der Waals surface area contributed by atoms with Crippen molar-refractivity contribution in [2.45, 2.75) is 6.42 Å². The molecule has 1 aliphatic rings. The SMILES string of the molecule is O=C1Cc2cc3c[c]ccc3nc2N1. The van der Waals surface area contributed by atoms with Crippen molar-refractivity contribution in [3.63, 3.8) is 0 Å². The number of anilines is 1. The van der Waals surface area contributed by atoms with Crippen LogP contribution in [0.1, 0.15) is 5.56 Å². The first-order valence-electron chi connectivity index (χ1n) is 4.42. The van der Waals surface area contributed by atoms with Gasteiger partial charge in [-0.1, -0.05) is 6.07 Å². The van der Waals surface area contributed by atoms with Gasteiger partial charge in [-0.2, -0.15) is 0 Å². The molecule has 0 fully saturated rings. The summed E-state index contributed by atoms with van der Waals surface area (Å²) in [4.78, 5) is 15.5. The fourth-order valence-corrected chi connectivity index (χ4v) is 1.69. The van der Waals surface area contributed by atoms with Crippen LogP contribution in [0.15, 0.2) is 24.3 Å². The van der Waals surface area contributed by atoms with Gasteiger partial charge in [-0.25, -0.2) is 4.98 Å². The molecule has 2 heterocycles. The van der Waals surface area contributed by atoms with Crippen LogP contribution in [0, 0.1) is 6.07 Å². The van der Waals surface area contributed by atoms with E-state index < -0.39 is 0 Å². The summed E-state index contributed by atoms with van der Waals surface area (Å²) in [5, 5.41) is 3.76. The van der Waals surface area contributed by atoms with Gasteiger partial charge in [-0.15, -0.1) is 0 Å². The van der Waals surface area contributed by atoms with Crippen LogP contribution in [0.25, 0.3) is 10.9 Å². The normalized spacial score (nSPS) is 14.1. The molecule has 1 aromatic heterocycles. The van der Waals surface area contributed by atoms with E-state index in [0.717, 1.165) is 16.5 Å². The van der Waals surface area contributed by atoms with Crippen LogP contribution in [0.3, 0.4) is 0 Å². The number of nitrogens with zero attached hydrogens (tertiary/aromatic N) is 1. The minimum atomic E-state index is 0.0202. The molecule has 0 aliphatic carbocycles. The molecule has 0 saturated heterocycles. The maximum absolute atomic E-state index is 11.1. The number of carbonyl (C=O) groups is 1. The highest BCUT2D eigenvalue weighted by molar-refractivity contribution is 6.00. The van der Waals surface area contributed by atoms with E-state index in [2.05, 4.69) is 16.4 Å². The molecule has 3 rings (SSSR count). The summed E-state index contributed by atoms with van der Waals surface area (Å²) >= 11 is 0. The van der Waals surface area contributed by atoms with Crippen LogP contribution in [0.2, 0.25) is 0 Å². The zero-order chi connectivity index (χ0) is 9.54. The van der Waals surface area contributed by atoms with E-state index in [0.29, 0.717) is 12.2 Å². The summed E-state index contributed by atoms with van der Waals surface area (Å²) in [5.41, 5.74) is 1.87. The lowest BCUT2D eigenvalue weighted by atomic mass is 10.1. The number of aromatic nitrogens is 1. The summed E-state index contributed by atoms with van der Waals surface area (Å²) in [5.74, 6) is 0.723. The number of carbonyl (C=O) groups excluding carboxylic acids is 1. The standard InChI is InChI=1S/C11H7N2O/c14-10-6-8-5-7-3-1-2-4-9(7)12-11(8)13-10/h2-5H,6H2,(H,12,13,14). The van der Waals surface area contributed by atoms with Gasteiger partial charge in [0.1, 0.15) is 5.82 Å². The molecular weight excluding hydrogens is 176 g/mol. The van der Waals surface area contributed by atoms with Gasteiger partial charge in [0, 0.05) is 10.9 Å². The molecule has 1 N–H and O–H groups in total. The quantitative estimate of drug-likeness (QED) is 0.673. The van der Waals surface area contributed by atoms with Crippen molar-refractivity contribution >= 4 is 22.6 Å². The summed E-state index contributed by atoms with van der Waals surface area (Å²) < 4.78 is 0. The van der Waals surface area contributed by atoms with Crippen molar-refractivity contribution < 1.29 is 4.79 Å². The number of pyridine rings is 1. The van der Waals surface area contributed by atoms with Gasteiger partial charge < -0.3 is 5.32 Å². The molecule has 3 nitrogen and oxygen atoms in total. The Morgan fingerprint density at radius 3 is 3.36 bits per heavy atom. The Morgan fingerprint density at radius 1 is 1.50 bits per heavy atom. The first kappa shape index (κ1) is 7.50. The van der Waals surface area contributed by atoms with E-state index in [9.17, 15) is 4.79 Å². The highest BCUT2D eigenvalue weighted by Crippen LogP contribution is 2.24. The maximum Gasteiger partial charge on any atom is 0.230 e. The molecule has 0 spiro atoms. The van der Waals surface area contributed by atoms with Crippen LogP contribution in [-0.2, 0) is 11.2 Å². The summed E-state index contributed by atoms with van der Waals surface area (Å²) in [7, 11) is 0. The molecule has 2 aromatic rings. The van der Waals surface area contributed by atoms with Gasteiger partial charge >= 0.3 is 0 Å². The molecule has 0 unspecified atom stereocenters. The molecule has 0 bridgehead atoms. The third-order valence-corrected chi connectivity index (χ3v) is 2.35. The van der Waals surface area contributed by atoms with Crippen molar-refractivity contribution in [1.29, 1.82) is 0 Å². The van der Waals surface area contributed by atoms with Gasteiger partial charge in [0.05, 0.1) is 11.9 Å². The third-order valence-electron chi connectivity index (χ3n) is 2.35. The highest BCUT2D eigenvalue weighted by atomic mass is 16.1. The van der Waals surface area contributed by atoms with Crippen LogP contribution >= 0.6 is 0 Å². The third kappa shape index (κ3) is 0.988.